The molecule has 2 aromatic rings. The molecule has 0 aliphatic carbocycles. The third kappa shape index (κ3) is 3.34. The van der Waals surface area contributed by atoms with Crippen molar-refractivity contribution in [1.29, 1.82) is 0 Å². The molecule has 27 heavy (non-hydrogen) atoms. The molecule has 1 aromatic heterocycles. The molecule has 1 atom stereocenters. The van der Waals surface area contributed by atoms with Crippen molar-refractivity contribution in [2.24, 2.45) is 0 Å². The topological polar surface area (TPSA) is 58.5 Å². The van der Waals surface area contributed by atoms with Gasteiger partial charge in [-0.3, -0.25) is 0 Å². The van der Waals surface area contributed by atoms with Crippen LogP contribution in [0.5, 0.6) is 5.75 Å². The summed E-state index contributed by atoms with van der Waals surface area (Å²) >= 11 is 0. The van der Waals surface area contributed by atoms with E-state index >= 15 is 0 Å². The maximum atomic E-state index is 12.9. The van der Waals surface area contributed by atoms with Crippen LogP contribution in [0, 0.1) is 6.92 Å². The van der Waals surface area contributed by atoms with Crippen LogP contribution in [0.3, 0.4) is 0 Å². The normalized spacial score (nSPS) is 20.0. The minimum atomic E-state index is -4.51. The zero-order valence-electron chi connectivity index (χ0n) is 14.9. The van der Waals surface area contributed by atoms with Gasteiger partial charge in [0.05, 0.1) is 23.9 Å². The fraction of sp³-hybridized carbons (Fsp3) is 0.474. The van der Waals surface area contributed by atoms with Gasteiger partial charge in [-0.25, -0.2) is 0 Å². The molecule has 3 heterocycles. The molecule has 4 rings (SSSR count). The number of phenolic OH excluding ortho intramolecular Hbond substituents is 1. The van der Waals surface area contributed by atoms with Crippen molar-refractivity contribution in [1.82, 2.24) is 10.2 Å². The van der Waals surface area contributed by atoms with E-state index in [4.69, 9.17) is 4.74 Å². The predicted octanol–water partition coefficient (Wildman–Crippen LogP) is 3.72. The molecule has 0 saturated carbocycles. The largest absolute Gasteiger partial charge is 0.507 e. The Hall–Kier alpha value is -2.35. The second-order valence-electron chi connectivity index (χ2n) is 7.08. The lowest BCUT2D eigenvalue weighted by Gasteiger charge is -2.31. The van der Waals surface area contributed by atoms with Gasteiger partial charge in [-0.2, -0.15) is 13.2 Å². The Kier molecular flexibility index (Phi) is 4.46. The van der Waals surface area contributed by atoms with E-state index in [-0.39, 0.29) is 11.6 Å². The first-order valence-corrected chi connectivity index (χ1v) is 8.97. The lowest BCUT2D eigenvalue weighted by atomic mass is 9.99. The van der Waals surface area contributed by atoms with Crippen molar-refractivity contribution in [2.45, 2.75) is 38.4 Å². The smallest absolute Gasteiger partial charge is 0.416 e. The van der Waals surface area contributed by atoms with E-state index in [1.807, 2.05) is 6.07 Å². The summed E-state index contributed by atoms with van der Waals surface area (Å²) in [5.74, 6) is 0.366. The average molecular weight is 379 g/mol. The summed E-state index contributed by atoms with van der Waals surface area (Å²) in [6, 6.07) is 3.86. The van der Waals surface area contributed by atoms with Gasteiger partial charge in [-0.1, -0.05) is 0 Å². The van der Waals surface area contributed by atoms with Crippen molar-refractivity contribution in [3.63, 3.8) is 0 Å². The lowest BCUT2D eigenvalue weighted by Crippen LogP contribution is -2.40. The zero-order valence-corrected chi connectivity index (χ0v) is 14.9. The van der Waals surface area contributed by atoms with E-state index in [1.54, 1.807) is 0 Å². The van der Waals surface area contributed by atoms with Crippen LogP contribution >= 0.6 is 0 Å². The van der Waals surface area contributed by atoms with Crippen LogP contribution in [-0.4, -0.2) is 41.1 Å². The maximum absolute atomic E-state index is 12.9. The highest BCUT2D eigenvalue weighted by atomic mass is 19.4. The highest BCUT2D eigenvalue weighted by molar-refractivity contribution is 5.73. The molecular weight excluding hydrogens is 359 g/mol. The van der Waals surface area contributed by atoms with Crippen LogP contribution in [0.4, 0.5) is 19.0 Å². The number of rotatable bonds is 2. The third-order valence-corrected chi connectivity index (χ3v) is 5.22. The minimum Gasteiger partial charge on any atom is -0.507 e. The van der Waals surface area contributed by atoms with Gasteiger partial charge in [-0.05, 0) is 49.9 Å². The van der Waals surface area contributed by atoms with Crippen molar-refractivity contribution in [3.05, 3.63) is 34.9 Å². The Morgan fingerprint density at radius 1 is 1.22 bits per heavy atom. The zero-order chi connectivity index (χ0) is 19.2. The lowest BCUT2D eigenvalue weighted by molar-refractivity contribution is -0.137. The molecule has 0 spiro atoms. The number of nitrogens with zero attached hydrogens (tertiary/aromatic N) is 3. The van der Waals surface area contributed by atoms with Gasteiger partial charge in [0, 0.05) is 24.3 Å². The first kappa shape index (κ1) is 18.0. The van der Waals surface area contributed by atoms with Crippen molar-refractivity contribution < 1.29 is 23.0 Å². The summed E-state index contributed by atoms with van der Waals surface area (Å²) < 4.78 is 44.3. The van der Waals surface area contributed by atoms with Crippen molar-refractivity contribution >= 4 is 5.82 Å². The second-order valence-corrected chi connectivity index (χ2v) is 7.08. The van der Waals surface area contributed by atoms with Crippen molar-refractivity contribution in [2.75, 3.05) is 24.7 Å². The average Bonchev–Trinajstić information content (AvgIpc) is 3.04. The number of fused-ring (bicyclic) bond motifs is 1. The molecule has 8 heteroatoms. The number of aromatic nitrogens is 2. The Labute approximate surface area is 154 Å². The van der Waals surface area contributed by atoms with Gasteiger partial charge in [-0.15, -0.1) is 10.2 Å². The Bertz CT molecular complexity index is 841. The van der Waals surface area contributed by atoms with E-state index in [0.717, 1.165) is 55.9 Å². The molecule has 0 unspecified atom stereocenters. The number of phenols is 1. The number of halogens is 3. The molecule has 1 saturated heterocycles. The van der Waals surface area contributed by atoms with Gasteiger partial charge in [0.15, 0.2) is 5.82 Å². The van der Waals surface area contributed by atoms with E-state index < -0.39 is 17.5 Å². The fourth-order valence-electron chi connectivity index (χ4n) is 3.91. The predicted molar refractivity (Wildman–Crippen MR) is 93.8 cm³/mol. The number of aromatic hydroxyl groups is 1. The molecule has 1 fully saturated rings. The molecule has 0 radical (unpaired) electrons. The highest BCUT2D eigenvalue weighted by Crippen LogP contribution is 2.39. The minimum absolute atomic E-state index is 0.279. The van der Waals surface area contributed by atoms with E-state index in [2.05, 4.69) is 15.1 Å². The first-order chi connectivity index (χ1) is 12.8. The maximum Gasteiger partial charge on any atom is 0.416 e. The first-order valence-electron chi connectivity index (χ1n) is 8.97. The molecule has 2 aliphatic heterocycles. The number of hydrogen-bond donors (Lipinski definition) is 1. The number of aryl methyl sites for hydroxylation is 1. The second kappa shape index (κ2) is 6.67. The monoisotopic (exact) mass is 379 g/mol. The number of hydrogen-bond acceptors (Lipinski definition) is 5. The van der Waals surface area contributed by atoms with Crippen LogP contribution < -0.4 is 4.90 Å². The van der Waals surface area contributed by atoms with Crippen molar-refractivity contribution in [3.8, 4) is 17.0 Å². The Balaban J connectivity index is 1.67. The van der Waals surface area contributed by atoms with Crippen LogP contribution in [-0.2, 0) is 17.3 Å². The summed E-state index contributed by atoms with van der Waals surface area (Å²) in [6.45, 7) is 3.81. The Morgan fingerprint density at radius 2 is 2.04 bits per heavy atom. The highest BCUT2D eigenvalue weighted by Gasteiger charge is 2.33. The third-order valence-electron chi connectivity index (χ3n) is 5.22. The molecule has 0 bridgehead atoms. The molecule has 0 amide bonds. The summed E-state index contributed by atoms with van der Waals surface area (Å²) in [4.78, 5) is 2.20. The summed E-state index contributed by atoms with van der Waals surface area (Å²) in [5, 5.41) is 18.7. The van der Waals surface area contributed by atoms with E-state index in [0.29, 0.717) is 17.9 Å². The van der Waals surface area contributed by atoms with Crippen LogP contribution in [0.1, 0.15) is 29.5 Å². The standard InChI is InChI=1S/C19H20F3N3O2/c1-11-7-13(19(20,21)22)9-16(26)17(11)15-8-12-4-5-25(18(12)24-23-15)14-3-2-6-27-10-14/h7-9,14,26H,2-6,10H2,1H3/t14-/m1/s1. The number of anilines is 1. The fourth-order valence-corrected chi connectivity index (χ4v) is 3.91. The number of benzene rings is 1. The summed E-state index contributed by atoms with van der Waals surface area (Å²) in [6.07, 6.45) is -1.66. The molecule has 5 nitrogen and oxygen atoms in total. The quantitative estimate of drug-likeness (QED) is 0.862. The number of ether oxygens (including phenoxy) is 1. The van der Waals surface area contributed by atoms with Crippen LogP contribution in [0.15, 0.2) is 18.2 Å². The van der Waals surface area contributed by atoms with Gasteiger partial charge < -0.3 is 14.7 Å². The SMILES string of the molecule is Cc1cc(C(F)(F)F)cc(O)c1-c1cc2c(nn1)N([C@@H]1CCCOC1)CC2. The van der Waals surface area contributed by atoms with Gasteiger partial charge in [0.25, 0.3) is 0 Å². The number of alkyl halides is 3. The Morgan fingerprint density at radius 3 is 2.70 bits per heavy atom. The summed E-state index contributed by atoms with van der Waals surface area (Å²) in [5.41, 5.74) is 1.10. The van der Waals surface area contributed by atoms with Gasteiger partial charge >= 0.3 is 6.18 Å². The van der Waals surface area contributed by atoms with Crippen LogP contribution in [0.2, 0.25) is 0 Å². The summed E-state index contributed by atoms with van der Waals surface area (Å²) in [7, 11) is 0. The molecular formula is C19H20F3N3O2. The van der Waals surface area contributed by atoms with Gasteiger partial charge in [0.2, 0.25) is 0 Å². The van der Waals surface area contributed by atoms with E-state index in [9.17, 15) is 18.3 Å². The van der Waals surface area contributed by atoms with E-state index in [1.165, 1.54) is 6.92 Å². The van der Waals surface area contributed by atoms with Gasteiger partial charge in [0.1, 0.15) is 5.75 Å². The molecule has 144 valence electrons. The molecule has 2 aliphatic rings. The molecule has 1 N–H and O–H groups in total. The molecule has 1 aromatic carbocycles. The van der Waals surface area contributed by atoms with Crippen LogP contribution in [0.25, 0.3) is 11.3 Å².